The van der Waals surface area contributed by atoms with E-state index >= 15 is 0 Å². The molecule has 74 valence electrons. The molecule has 0 bridgehead atoms. The molecule has 0 fully saturated rings. The highest BCUT2D eigenvalue weighted by Crippen LogP contribution is 2.31. The number of aromatic nitrogens is 3. The number of hydrogen-bond acceptors (Lipinski definition) is 4. The van der Waals surface area contributed by atoms with E-state index in [2.05, 4.69) is 37.2 Å². The maximum atomic E-state index is 8.70. The third kappa shape index (κ3) is 2.37. The summed E-state index contributed by atoms with van der Waals surface area (Å²) in [5.74, 6) is 0. The number of nitrogens with one attached hydrogen (secondary N) is 1. The topological polar surface area (TPSA) is 65.4 Å². The molecule has 1 aromatic carbocycles. The summed E-state index contributed by atoms with van der Waals surface area (Å²) in [6, 6.07) is 7.49. The molecule has 0 saturated heterocycles. The lowest BCUT2D eigenvalue weighted by Gasteiger charge is -2.00. The maximum Gasteiger partial charge on any atom is 0.188 e. The number of rotatable bonds is 2. The monoisotopic (exact) mass is 280 g/mol. The number of hydrogen-bond donors (Lipinski definition) is 1. The van der Waals surface area contributed by atoms with Gasteiger partial charge in [0.05, 0.1) is 11.6 Å². The van der Waals surface area contributed by atoms with E-state index in [0.717, 1.165) is 14.5 Å². The van der Waals surface area contributed by atoms with Gasteiger partial charge in [-0.3, -0.25) is 5.10 Å². The molecule has 1 N–H and O–H groups in total. The summed E-state index contributed by atoms with van der Waals surface area (Å²) >= 11 is 4.85. The van der Waals surface area contributed by atoms with Gasteiger partial charge in [0, 0.05) is 9.37 Å². The van der Waals surface area contributed by atoms with Crippen molar-refractivity contribution < 1.29 is 0 Å². The van der Waals surface area contributed by atoms with E-state index in [1.54, 1.807) is 12.1 Å². The quantitative estimate of drug-likeness (QED) is 0.918. The molecule has 0 saturated carbocycles. The highest BCUT2D eigenvalue weighted by Gasteiger charge is 2.05. The van der Waals surface area contributed by atoms with Crippen LogP contribution in [-0.2, 0) is 0 Å². The van der Waals surface area contributed by atoms with Crippen molar-refractivity contribution in [2.45, 2.75) is 10.1 Å². The summed E-state index contributed by atoms with van der Waals surface area (Å²) in [6.07, 6.45) is 1.46. The van der Waals surface area contributed by atoms with Crippen LogP contribution < -0.4 is 0 Å². The van der Waals surface area contributed by atoms with Crippen LogP contribution in [-0.4, -0.2) is 15.2 Å². The minimum Gasteiger partial charge on any atom is -0.254 e. The summed E-state index contributed by atoms with van der Waals surface area (Å²) in [5.41, 5.74) is 0.629. The molecule has 0 unspecified atom stereocenters. The molecule has 2 rings (SSSR count). The van der Waals surface area contributed by atoms with Gasteiger partial charge in [0.2, 0.25) is 0 Å². The Kier molecular flexibility index (Phi) is 3.04. The summed E-state index contributed by atoms with van der Waals surface area (Å²) in [4.78, 5) is 5.00. The van der Waals surface area contributed by atoms with Crippen LogP contribution >= 0.6 is 27.7 Å². The van der Waals surface area contributed by atoms with Crippen LogP contribution in [0.3, 0.4) is 0 Å². The SMILES string of the molecule is N#Cc1ccc(Sc2ncn[nH]2)c(Br)c1. The van der Waals surface area contributed by atoms with Crippen molar-refractivity contribution in [1.29, 1.82) is 5.26 Å². The lowest BCUT2D eigenvalue weighted by Crippen LogP contribution is -1.80. The molecule has 4 nitrogen and oxygen atoms in total. The van der Waals surface area contributed by atoms with Gasteiger partial charge in [0.15, 0.2) is 5.16 Å². The highest BCUT2D eigenvalue weighted by atomic mass is 79.9. The molecule has 0 aliphatic heterocycles. The van der Waals surface area contributed by atoms with E-state index < -0.39 is 0 Å². The average molecular weight is 281 g/mol. The van der Waals surface area contributed by atoms with Gasteiger partial charge in [-0.05, 0) is 45.9 Å². The minimum atomic E-state index is 0.629. The van der Waals surface area contributed by atoms with Gasteiger partial charge in [0.1, 0.15) is 6.33 Å². The first kappa shape index (κ1) is 10.2. The Morgan fingerprint density at radius 2 is 2.33 bits per heavy atom. The molecule has 6 heteroatoms. The smallest absolute Gasteiger partial charge is 0.188 e. The zero-order valence-corrected chi connectivity index (χ0v) is 9.84. The first-order valence-corrected chi connectivity index (χ1v) is 5.63. The van der Waals surface area contributed by atoms with Crippen molar-refractivity contribution in [1.82, 2.24) is 15.2 Å². The van der Waals surface area contributed by atoms with E-state index in [1.165, 1.54) is 18.1 Å². The largest absolute Gasteiger partial charge is 0.254 e. The fourth-order valence-electron chi connectivity index (χ4n) is 1.00. The third-order valence-corrected chi connectivity index (χ3v) is 3.55. The van der Waals surface area contributed by atoms with Gasteiger partial charge in [-0.25, -0.2) is 4.98 Å². The number of aromatic amines is 1. The molecule has 1 heterocycles. The second kappa shape index (κ2) is 4.47. The Morgan fingerprint density at radius 1 is 1.47 bits per heavy atom. The summed E-state index contributed by atoms with van der Waals surface area (Å²) in [5, 5.41) is 15.9. The van der Waals surface area contributed by atoms with Crippen LogP contribution in [0.25, 0.3) is 0 Å². The van der Waals surface area contributed by atoms with Gasteiger partial charge in [-0.1, -0.05) is 0 Å². The molecular weight excluding hydrogens is 276 g/mol. The summed E-state index contributed by atoms with van der Waals surface area (Å²) in [7, 11) is 0. The second-order valence-electron chi connectivity index (χ2n) is 2.65. The normalized spacial score (nSPS) is 9.87. The minimum absolute atomic E-state index is 0.629. The van der Waals surface area contributed by atoms with Crippen LogP contribution in [0, 0.1) is 11.3 Å². The van der Waals surface area contributed by atoms with Gasteiger partial charge >= 0.3 is 0 Å². The van der Waals surface area contributed by atoms with E-state index in [4.69, 9.17) is 5.26 Å². The van der Waals surface area contributed by atoms with E-state index in [0.29, 0.717) is 5.56 Å². The van der Waals surface area contributed by atoms with E-state index in [9.17, 15) is 0 Å². The van der Waals surface area contributed by atoms with Crippen molar-refractivity contribution in [3.05, 3.63) is 34.6 Å². The molecule has 0 radical (unpaired) electrons. The third-order valence-electron chi connectivity index (χ3n) is 1.66. The molecular formula is C9H5BrN4S. The number of nitrogens with zero attached hydrogens (tertiary/aromatic N) is 3. The fourth-order valence-corrected chi connectivity index (χ4v) is 2.32. The van der Waals surface area contributed by atoms with Crippen molar-refractivity contribution in [2.75, 3.05) is 0 Å². The molecule has 0 aliphatic carbocycles. The summed E-state index contributed by atoms with van der Waals surface area (Å²) < 4.78 is 0.878. The van der Waals surface area contributed by atoms with Gasteiger partial charge in [-0.2, -0.15) is 10.4 Å². The van der Waals surface area contributed by atoms with Crippen LogP contribution in [0.2, 0.25) is 0 Å². The Labute approximate surface area is 98.9 Å². The van der Waals surface area contributed by atoms with Crippen molar-refractivity contribution in [3.8, 4) is 6.07 Å². The van der Waals surface area contributed by atoms with Gasteiger partial charge < -0.3 is 0 Å². The maximum absolute atomic E-state index is 8.70. The number of nitriles is 1. The lowest BCUT2D eigenvalue weighted by molar-refractivity contribution is 0.973. The molecule has 0 aliphatic rings. The first-order chi connectivity index (χ1) is 7.29. The molecule has 2 aromatic rings. The second-order valence-corrected chi connectivity index (χ2v) is 4.53. The Hall–Kier alpha value is -1.32. The molecule has 0 atom stereocenters. The number of benzene rings is 1. The predicted molar refractivity (Wildman–Crippen MR) is 59.4 cm³/mol. The van der Waals surface area contributed by atoms with Crippen molar-refractivity contribution in [2.24, 2.45) is 0 Å². The van der Waals surface area contributed by atoms with Crippen LogP contribution in [0.15, 0.2) is 39.1 Å². The van der Waals surface area contributed by atoms with E-state index in [1.807, 2.05) is 6.07 Å². The van der Waals surface area contributed by atoms with Crippen LogP contribution in [0.1, 0.15) is 5.56 Å². The molecule has 1 aromatic heterocycles. The van der Waals surface area contributed by atoms with Crippen LogP contribution in [0.5, 0.6) is 0 Å². The highest BCUT2D eigenvalue weighted by molar-refractivity contribution is 9.10. The molecule has 0 spiro atoms. The Balaban J connectivity index is 2.27. The van der Waals surface area contributed by atoms with Gasteiger partial charge in [0.25, 0.3) is 0 Å². The van der Waals surface area contributed by atoms with E-state index in [-0.39, 0.29) is 0 Å². The van der Waals surface area contributed by atoms with Crippen molar-refractivity contribution in [3.63, 3.8) is 0 Å². The van der Waals surface area contributed by atoms with Crippen LogP contribution in [0.4, 0.5) is 0 Å². The predicted octanol–water partition coefficient (Wildman–Crippen LogP) is 2.59. The molecule has 15 heavy (non-hydrogen) atoms. The number of H-pyrrole nitrogens is 1. The van der Waals surface area contributed by atoms with Crippen molar-refractivity contribution >= 4 is 27.7 Å². The summed E-state index contributed by atoms with van der Waals surface area (Å²) in [6.45, 7) is 0. The zero-order valence-electron chi connectivity index (χ0n) is 7.44. The average Bonchev–Trinajstić information content (AvgIpc) is 2.74. The lowest BCUT2D eigenvalue weighted by atomic mass is 10.2. The zero-order chi connectivity index (χ0) is 10.7. The fraction of sp³-hybridized carbons (Fsp3) is 0. The Morgan fingerprint density at radius 3 is 2.93 bits per heavy atom. The standard InChI is InChI=1S/C9H5BrN4S/c10-7-3-6(4-11)1-2-8(7)15-9-12-5-13-14-9/h1-3,5H,(H,12,13,14). The Bertz CT molecular complexity index is 503. The van der Waals surface area contributed by atoms with Gasteiger partial charge in [-0.15, -0.1) is 0 Å². The first-order valence-electron chi connectivity index (χ1n) is 4.02. The molecule has 0 amide bonds. The number of halogens is 1.